The van der Waals surface area contributed by atoms with E-state index >= 15 is 0 Å². The summed E-state index contributed by atoms with van der Waals surface area (Å²) in [5, 5.41) is 3.35. The average Bonchev–Trinajstić information content (AvgIpc) is 2.48. The van der Waals surface area contributed by atoms with Crippen LogP contribution in [0.25, 0.3) is 0 Å². The summed E-state index contributed by atoms with van der Waals surface area (Å²) in [7, 11) is -3.40. The third kappa shape index (κ3) is 3.84. The van der Waals surface area contributed by atoms with Crippen LogP contribution >= 0.6 is 0 Å². The molecule has 21 heavy (non-hydrogen) atoms. The van der Waals surface area contributed by atoms with Crippen molar-refractivity contribution in [2.75, 3.05) is 26.2 Å². The molecule has 1 heterocycles. The van der Waals surface area contributed by atoms with Gasteiger partial charge in [0.05, 0.1) is 4.90 Å². The molecule has 1 N–H and O–H groups in total. The summed E-state index contributed by atoms with van der Waals surface area (Å²) in [6, 6.07) is 5.63. The lowest BCUT2D eigenvalue weighted by atomic mass is 10.00. The summed E-state index contributed by atoms with van der Waals surface area (Å²) in [5.41, 5.74) is 1.80. The van der Waals surface area contributed by atoms with Gasteiger partial charge in [0.1, 0.15) is 0 Å². The summed E-state index contributed by atoms with van der Waals surface area (Å²) in [4.78, 5) is 0.452. The topological polar surface area (TPSA) is 49.4 Å². The summed E-state index contributed by atoms with van der Waals surface area (Å²) in [6.45, 7) is 8.80. The van der Waals surface area contributed by atoms with Crippen LogP contribution in [-0.4, -0.2) is 38.9 Å². The van der Waals surface area contributed by atoms with Gasteiger partial charge in [-0.2, -0.15) is 4.31 Å². The Morgan fingerprint density at radius 1 is 1.33 bits per heavy atom. The summed E-state index contributed by atoms with van der Waals surface area (Å²) in [5.74, 6) is 0.415. The van der Waals surface area contributed by atoms with Crippen molar-refractivity contribution in [3.05, 3.63) is 29.3 Å². The van der Waals surface area contributed by atoms with Crippen molar-refractivity contribution in [3.8, 4) is 0 Å². The van der Waals surface area contributed by atoms with Crippen LogP contribution in [0.5, 0.6) is 0 Å². The maximum absolute atomic E-state index is 12.9. The molecule has 0 aromatic heterocycles. The van der Waals surface area contributed by atoms with Gasteiger partial charge in [-0.05, 0) is 62.9 Å². The van der Waals surface area contributed by atoms with Crippen molar-refractivity contribution >= 4 is 10.0 Å². The number of piperidine rings is 1. The molecule has 0 saturated carbocycles. The van der Waals surface area contributed by atoms with Crippen LogP contribution in [0, 0.1) is 19.8 Å². The molecule has 0 bridgehead atoms. The van der Waals surface area contributed by atoms with Crippen molar-refractivity contribution in [1.82, 2.24) is 9.62 Å². The zero-order valence-corrected chi connectivity index (χ0v) is 14.0. The van der Waals surface area contributed by atoms with Crippen molar-refractivity contribution in [2.24, 2.45) is 5.92 Å². The summed E-state index contributed by atoms with van der Waals surface area (Å²) < 4.78 is 27.5. The zero-order valence-electron chi connectivity index (χ0n) is 13.2. The number of hydrogen-bond acceptors (Lipinski definition) is 3. The molecule has 1 aromatic carbocycles. The maximum atomic E-state index is 12.9. The lowest BCUT2D eigenvalue weighted by molar-refractivity contribution is 0.297. The molecule has 1 fully saturated rings. The Morgan fingerprint density at radius 2 is 2.10 bits per heavy atom. The van der Waals surface area contributed by atoms with Crippen LogP contribution in [0.3, 0.4) is 0 Å². The van der Waals surface area contributed by atoms with Crippen LogP contribution in [0.4, 0.5) is 0 Å². The standard InChI is InChI=1S/C16H26N2O2S/c1-4-18(12-15-6-5-9-17-11-15)21(19,20)16-10-13(2)7-8-14(16)3/h7-8,10,15,17H,4-6,9,11-12H2,1-3H3. The molecule has 1 aromatic rings. The number of nitrogens with zero attached hydrogens (tertiary/aromatic N) is 1. The van der Waals surface area contributed by atoms with E-state index in [-0.39, 0.29) is 0 Å². The van der Waals surface area contributed by atoms with Gasteiger partial charge in [0.15, 0.2) is 0 Å². The highest BCUT2D eigenvalue weighted by Crippen LogP contribution is 2.23. The Labute approximate surface area is 128 Å². The van der Waals surface area contributed by atoms with E-state index in [4.69, 9.17) is 0 Å². The zero-order chi connectivity index (χ0) is 15.5. The third-order valence-electron chi connectivity index (χ3n) is 4.17. The predicted octanol–water partition coefficient (Wildman–Crippen LogP) is 2.31. The minimum absolute atomic E-state index is 0.415. The molecule has 2 rings (SSSR count). The lowest BCUT2D eigenvalue weighted by Crippen LogP contribution is -2.41. The van der Waals surface area contributed by atoms with Crippen LogP contribution in [0.2, 0.25) is 0 Å². The van der Waals surface area contributed by atoms with E-state index in [2.05, 4.69) is 5.32 Å². The molecule has 118 valence electrons. The maximum Gasteiger partial charge on any atom is 0.243 e. The van der Waals surface area contributed by atoms with E-state index in [1.807, 2.05) is 32.9 Å². The first-order valence-corrected chi connectivity index (χ1v) is 9.17. The fourth-order valence-electron chi connectivity index (χ4n) is 2.89. The molecule has 0 aliphatic carbocycles. The normalized spacial score (nSPS) is 19.9. The van der Waals surface area contributed by atoms with E-state index in [1.54, 1.807) is 10.4 Å². The number of hydrogen-bond donors (Lipinski definition) is 1. The van der Waals surface area contributed by atoms with Crippen LogP contribution in [-0.2, 0) is 10.0 Å². The number of aryl methyl sites for hydroxylation is 2. The second-order valence-corrected chi connectivity index (χ2v) is 7.84. The third-order valence-corrected chi connectivity index (χ3v) is 6.26. The minimum atomic E-state index is -3.40. The average molecular weight is 310 g/mol. The van der Waals surface area contributed by atoms with Gasteiger partial charge >= 0.3 is 0 Å². The van der Waals surface area contributed by atoms with E-state index in [9.17, 15) is 8.42 Å². The van der Waals surface area contributed by atoms with Crippen molar-refractivity contribution in [1.29, 1.82) is 0 Å². The van der Waals surface area contributed by atoms with E-state index in [0.717, 1.165) is 37.1 Å². The highest BCUT2D eigenvalue weighted by atomic mass is 32.2. The predicted molar refractivity (Wildman–Crippen MR) is 85.9 cm³/mol. The Bertz CT molecular complexity index is 578. The van der Waals surface area contributed by atoms with Gasteiger partial charge in [-0.3, -0.25) is 0 Å². The highest BCUT2D eigenvalue weighted by molar-refractivity contribution is 7.89. The van der Waals surface area contributed by atoms with Crippen molar-refractivity contribution in [2.45, 2.75) is 38.5 Å². The molecular weight excluding hydrogens is 284 g/mol. The fourth-order valence-corrected chi connectivity index (χ4v) is 4.72. The highest BCUT2D eigenvalue weighted by Gasteiger charge is 2.27. The first kappa shape index (κ1) is 16.5. The summed E-state index contributed by atoms with van der Waals surface area (Å²) >= 11 is 0. The second-order valence-electron chi connectivity index (χ2n) is 5.94. The SMILES string of the molecule is CCN(CC1CCCNC1)S(=O)(=O)c1cc(C)ccc1C. The Hall–Kier alpha value is -0.910. The van der Waals surface area contributed by atoms with E-state index < -0.39 is 10.0 Å². The number of rotatable bonds is 5. The first-order chi connectivity index (χ1) is 9.95. The molecule has 1 atom stereocenters. The van der Waals surface area contributed by atoms with Crippen molar-refractivity contribution < 1.29 is 8.42 Å². The minimum Gasteiger partial charge on any atom is -0.316 e. The largest absolute Gasteiger partial charge is 0.316 e. The molecule has 1 aliphatic heterocycles. The van der Waals surface area contributed by atoms with Gasteiger partial charge in [0, 0.05) is 13.1 Å². The Kier molecular flexibility index (Phi) is 5.41. The molecule has 1 aliphatic rings. The van der Waals surface area contributed by atoms with E-state index in [0.29, 0.717) is 23.9 Å². The summed E-state index contributed by atoms with van der Waals surface area (Å²) in [6.07, 6.45) is 2.23. The number of nitrogens with one attached hydrogen (secondary N) is 1. The number of sulfonamides is 1. The van der Waals surface area contributed by atoms with Gasteiger partial charge < -0.3 is 5.32 Å². The Balaban J connectivity index is 2.24. The fraction of sp³-hybridized carbons (Fsp3) is 0.625. The smallest absolute Gasteiger partial charge is 0.243 e. The molecular formula is C16H26N2O2S. The molecule has 1 unspecified atom stereocenters. The van der Waals surface area contributed by atoms with Gasteiger partial charge in [-0.1, -0.05) is 19.1 Å². The quantitative estimate of drug-likeness (QED) is 0.908. The second kappa shape index (κ2) is 6.90. The van der Waals surface area contributed by atoms with Gasteiger partial charge in [-0.25, -0.2) is 8.42 Å². The molecule has 0 spiro atoms. The lowest BCUT2D eigenvalue weighted by Gasteiger charge is -2.29. The molecule has 1 saturated heterocycles. The van der Waals surface area contributed by atoms with E-state index in [1.165, 1.54) is 0 Å². The van der Waals surface area contributed by atoms with Crippen LogP contribution in [0.15, 0.2) is 23.1 Å². The molecule has 0 amide bonds. The number of benzene rings is 1. The van der Waals surface area contributed by atoms with Crippen LogP contribution in [0.1, 0.15) is 30.9 Å². The van der Waals surface area contributed by atoms with Gasteiger partial charge in [-0.15, -0.1) is 0 Å². The molecule has 5 heteroatoms. The van der Waals surface area contributed by atoms with Crippen molar-refractivity contribution in [3.63, 3.8) is 0 Å². The first-order valence-electron chi connectivity index (χ1n) is 7.73. The van der Waals surface area contributed by atoms with Crippen LogP contribution < -0.4 is 5.32 Å². The Morgan fingerprint density at radius 3 is 2.71 bits per heavy atom. The monoisotopic (exact) mass is 310 g/mol. The molecule has 0 radical (unpaired) electrons. The van der Waals surface area contributed by atoms with Gasteiger partial charge in [0.2, 0.25) is 10.0 Å². The molecule has 4 nitrogen and oxygen atoms in total. The van der Waals surface area contributed by atoms with Gasteiger partial charge in [0.25, 0.3) is 0 Å².